The number of amides is 1. The Kier molecular flexibility index (Phi) is 3.83. The number of rotatable bonds is 2. The molecule has 1 atom stereocenters. The Bertz CT molecular complexity index is 990. The van der Waals surface area contributed by atoms with Crippen molar-refractivity contribution >= 4 is 16.8 Å². The van der Waals surface area contributed by atoms with Gasteiger partial charge in [-0.3, -0.25) is 18.8 Å². The second-order valence-electron chi connectivity index (χ2n) is 6.36. The van der Waals surface area contributed by atoms with Crippen LogP contribution in [0.15, 0.2) is 47.7 Å². The van der Waals surface area contributed by atoms with Crippen LogP contribution in [0.5, 0.6) is 0 Å². The molecule has 1 fully saturated rings. The Morgan fingerprint density at radius 1 is 1.24 bits per heavy atom. The van der Waals surface area contributed by atoms with Gasteiger partial charge in [-0.25, -0.2) is 4.98 Å². The number of hydrogen-bond donors (Lipinski definition) is 0. The number of aromatic nitrogens is 4. The summed E-state index contributed by atoms with van der Waals surface area (Å²) in [5.74, 6) is -0.0495. The zero-order valence-corrected chi connectivity index (χ0v) is 14.0. The number of carbonyl (C=O) groups is 1. The van der Waals surface area contributed by atoms with Crippen LogP contribution in [0.1, 0.15) is 29.4 Å². The Balaban J connectivity index is 1.64. The van der Waals surface area contributed by atoms with Crippen molar-refractivity contribution in [2.24, 2.45) is 7.05 Å². The van der Waals surface area contributed by atoms with Gasteiger partial charge in [-0.1, -0.05) is 12.1 Å². The van der Waals surface area contributed by atoms with Crippen LogP contribution in [-0.4, -0.2) is 43.2 Å². The van der Waals surface area contributed by atoms with E-state index in [9.17, 15) is 9.59 Å². The summed E-state index contributed by atoms with van der Waals surface area (Å²) in [4.78, 5) is 31.7. The van der Waals surface area contributed by atoms with Crippen LogP contribution < -0.4 is 5.56 Å². The smallest absolute Gasteiger partial charge is 0.272 e. The topological polar surface area (TPSA) is 73.0 Å². The van der Waals surface area contributed by atoms with Crippen LogP contribution in [-0.2, 0) is 7.05 Å². The first-order valence-electron chi connectivity index (χ1n) is 8.38. The predicted molar refractivity (Wildman–Crippen MR) is 93.4 cm³/mol. The van der Waals surface area contributed by atoms with E-state index < -0.39 is 0 Å². The van der Waals surface area contributed by atoms with E-state index in [-0.39, 0.29) is 17.5 Å². The molecule has 25 heavy (non-hydrogen) atoms. The number of hydrogen-bond acceptors (Lipinski definition) is 4. The van der Waals surface area contributed by atoms with Crippen LogP contribution >= 0.6 is 0 Å². The molecule has 1 unspecified atom stereocenters. The summed E-state index contributed by atoms with van der Waals surface area (Å²) < 4.78 is 3.25. The highest BCUT2D eigenvalue weighted by Gasteiger charge is 2.27. The van der Waals surface area contributed by atoms with Gasteiger partial charge in [-0.2, -0.15) is 5.10 Å². The Labute approximate surface area is 144 Å². The molecule has 7 nitrogen and oxygen atoms in total. The molecule has 0 radical (unpaired) electrons. The first kappa shape index (κ1) is 15.6. The zero-order valence-electron chi connectivity index (χ0n) is 14.0. The largest absolute Gasteiger partial charge is 0.335 e. The summed E-state index contributed by atoms with van der Waals surface area (Å²) in [6, 6.07) is 9.00. The van der Waals surface area contributed by atoms with Crippen LogP contribution in [0.25, 0.3) is 10.9 Å². The number of piperidine rings is 1. The molecule has 2 aromatic heterocycles. The number of fused-ring (bicyclic) bond motifs is 1. The normalized spacial score (nSPS) is 17.8. The lowest BCUT2D eigenvalue weighted by Crippen LogP contribution is -2.43. The molecule has 0 N–H and O–H groups in total. The molecule has 1 aromatic carbocycles. The lowest BCUT2D eigenvalue weighted by molar-refractivity contribution is 0.0666. The molecule has 1 amide bonds. The third-order valence-corrected chi connectivity index (χ3v) is 4.81. The van der Waals surface area contributed by atoms with Gasteiger partial charge >= 0.3 is 0 Å². The number of benzene rings is 1. The maximum atomic E-state index is 12.8. The van der Waals surface area contributed by atoms with Crippen LogP contribution in [0.2, 0.25) is 0 Å². The molecular formula is C18H19N5O2. The Morgan fingerprint density at radius 2 is 2.08 bits per heavy atom. The molecule has 7 heteroatoms. The summed E-state index contributed by atoms with van der Waals surface area (Å²) in [7, 11) is 1.76. The van der Waals surface area contributed by atoms with Gasteiger partial charge in [-0.15, -0.1) is 0 Å². The fourth-order valence-corrected chi connectivity index (χ4v) is 3.46. The van der Waals surface area contributed by atoms with Crippen molar-refractivity contribution in [1.29, 1.82) is 0 Å². The number of aryl methyl sites for hydroxylation is 1. The molecule has 3 heterocycles. The second-order valence-corrected chi connectivity index (χ2v) is 6.36. The van der Waals surface area contributed by atoms with E-state index in [1.165, 1.54) is 0 Å². The predicted octanol–water partition coefficient (Wildman–Crippen LogP) is 1.61. The fourth-order valence-electron chi connectivity index (χ4n) is 3.46. The van der Waals surface area contributed by atoms with Gasteiger partial charge in [0.25, 0.3) is 11.5 Å². The molecule has 0 saturated carbocycles. The van der Waals surface area contributed by atoms with Crippen molar-refractivity contribution in [1.82, 2.24) is 24.2 Å². The Hall–Kier alpha value is -2.96. The summed E-state index contributed by atoms with van der Waals surface area (Å²) >= 11 is 0. The third-order valence-electron chi connectivity index (χ3n) is 4.81. The standard InChI is InChI=1S/C18H19N5O2/c1-21-16(8-9-20-21)18(25)22-10-4-5-13(11-22)23-12-19-15-7-3-2-6-14(15)17(23)24/h2-3,6-9,12-13H,4-5,10-11H2,1H3. The molecule has 0 spiro atoms. The molecule has 1 aliphatic heterocycles. The molecule has 3 aromatic rings. The minimum atomic E-state index is -0.0597. The summed E-state index contributed by atoms with van der Waals surface area (Å²) in [5, 5.41) is 4.67. The van der Waals surface area contributed by atoms with E-state index in [4.69, 9.17) is 0 Å². The molecule has 4 rings (SSSR count). The highest BCUT2D eigenvalue weighted by molar-refractivity contribution is 5.92. The highest BCUT2D eigenvalue weighted by Crippen LogP contribution is 2.22. The van der Waals surface area contributed by atoms with E-state index in [0.717, 1.165) is 12.8 Å². The van der Waals surface area contributed by atoms with Crippen molar-refractivity contribution in [2.75, 3.05) is 13.1 Å². The number of likely N-dealkylation sites (tertiary alicyclic amines) is 1. The number of nitrogens with zero attached hydrogens (tertiary/aromatic N) is 5. The van der Waals surface area contributed by atoms with Crippen molar-refractivity contribution in [3.8, 4) is 0 Å². The molecule has 1 aliphatic rings. The summed E-state index contributed by atoms with van der Waals surface area (Å²) in [6.45, 7) is 1.19. The highest BCUT2D eigenvalue weighted by atomic mass is 16.2. The van der Waals surface area contributed by atoms with Gasteiger partial charge in [0.15, 0.2) is 0 Å². The minimum absolute atomic E-state index is 0.0495. The van der Waals surface area contributed by atoms with Crippen LogP contribution in [0.3, 0.4) is 0 Å². The quantitative estimate of drug-likeness (QED) is 0.712. The summed E-state index contributed by atoms with van der Waals surface area (Å²) in [5.41, 5.74) is 1.21. The van der Waals surface area contributed by atoms with Gasteiger partial charge in [0.1, 0.15) is 5.69 Å². The lowest BCUT2D eigenvalue weighted by atomic mass is 10.0. The van der Waals surface area contributed by atoms with Crippen molar-refractivity contribution < 1.29 is 4.79 Å². The first-order chi connectivity index (χ1) is 12.1. The van der Waals surface area contributed by atoms with Crippen molar-refractivity contribution in [3.05, 3.63) is 58.9 Å². The number of carbonyl (C=O) groups excluding carboxylic acids is 1. The first-order valence-corrected chi connectivity index (χ1v) is 8.38. The third kappa shape index (κ3) is 2.71. The molecular weight excluding hydrogens is 318 g/mol. The maximum Gasteiger partial charge on any atom is 0.272 e. The molecule has 0 aliphatic carbocycles. The minimum Gasteiger partial charge on any atom is -0.335 e. The van der Waals surface area contributed by atoms with Crippen LogP contribution in [0, 0.1) is 0 Å². The average molecular weight is 337 g/mol. The van der Waals surface area contributed by atoms with Crippen LogP contribution in [0.4, 0.5) is 0 Å². The second kappa shape index (κ2) is 6.16. The SMILES string of the molecule is Cn1nccc1C(=O)N1CCCC(n2cnc3ccccc3c2=O)C1. The zero-order chi connectivity index (χ0) is 17.4. The lowest BCUT2D eigenvalue weighted by Gasteiger charge is -2.33. The van der Waals surface area contributed by atoms with Gasteiger partial charge in [0.05, 0.1) is 23.3 Å². The molecule has 0 bridgehead atoms. The monoisotopic (exact) mass is 337 g/mol. The average Bonchev–Trinajstić information content (AvgIpc) is 3.08. The fraction of sp³-hybridized carbons (Fsp3) is 0.333. The summed E-state index contributed by atoms with van der Waals surface area (Å²) in [6.07, 6.45) is 4.93. The Morgan fingerprint density at radius 3 is 2.88 bits per heavy atom. The molecule has 1 saturated heterocycles. The van der Waals surface area contributed by atoms with E-state index in [0.29, 0.717) is 29.7 Å². The van der Waals surface area contributed by atoms with Gasteiger partial charge < -0.3 is 4.90 Å². The van der Waals surface area contributed by atoms with Gasteiger partial charge in [0.2, 0.25) is 0 Å². The van der Waals surface area contributed by atoms with Gasteiger partial charge in [-0.05, 0) is 31.0 Å². The van der Waals surface area contributed by atoms with E-state index >= 15 is 0 Å². The number of para-hydroxylation sites is 1. The van der Waals surface area contributed by atoms with E-state index in [1.54, 1.807) is 45.9 Å². The van der Waals surface area contributed by atoms with Gasteiger partial charge in [0, 0.05) is 26.3 Å². The van der Waals surface area contributed by atoms with Crippen molar-refractivity contribution in [3.63, 3.8) is 0 Å². The maximum absolute atomic E-state index is 12.8. The van der Waals surface area contributed by atoms with E-state index in [1.807, 2.05) is 18.2 Å². The van der Waals surface area contributed by atoms with Crippen molar-refractivity contribution in [2.45, 2.75) is 18.9 Å². The van der Waals surface area contributed by atoms with E-state index in [2.05, 4.69) is 10.1 Å². The molecule has 128 valence electrons.